The molecule has 0 radical (unpaired) electrons. The fourth-order valence-electron chi connectivity index (χ4n) is 2.20. The molecule has 0 fully saturated rings. The number of aromatic nitrogens is 1. The van der Waals surface area contributed by atoms with Crippen LogP contribution in [0.1, 0.15) is 21.6 Å². The van der Waals surface area contributed by atoms with Gasteiger partial charge in [0.1, 0.15) is 11.6 Å². The zero-order valence-corrected chi connectivity index (χ0v) is 13.8. The second-order valence-electron chi connectivity index (χ2n) is 5.34. The predicted octanol–water partition coefficient (Wildman–Crippen LogP) is 3.05. The number of aryl methyl sites for hydroxylation is 2. The highest BCUT2D eigenvalue weighted by molar-refractivity contribution is 7.15. The van der Waals surface area contributed by atoms with Gasteiger partial charge in [0.15, 0.2) is 0 Å². The Kier molecular flexibility index (Phi) is 4.16. The van der Waals surface area contributed by atoms with Crippen molar-refractivity contribution >= 4 is 26.1 Å². The molecule has 4 nitrogen and oxygen atoms in total. The summed E-state index contributed by atoms with van der Waals surface area (Å²) in [5.41, 5.74) is 3.94. The molecule has 0 aliphatic heterocycles. The zero-order chi connectivity index (χ0) is 15.7. The van der Waals surface area contributed by atoms with E-state index in [4.69, 9.17) is 0 Å². The van der Waals surface area contributed by atoms with Crippen LogP contribution < -0.4 is 0 Å². The molecule has 0 N–H and O–H groups in total. The van der Waals surface area contributed by atoms with Gasteiger partial charge < -0.3 is 9.24 Å². The Morgan fingerprint density at radius 1 is 1.29 bits per heavy atom. The standard InChI is InChI=1S/C16H18N3OP/c1-10-5-12-7-15(19(21)14(12)6-11(10)2)16(20)13(8-17)9-18(3)4/h5-7,9H,21H2,1-4H3/b13-9+. The molecule has 0 spiro atoms. The van der Waals surface area contributed by atoms with Gasteiger partial charge in [0.25, 0.3) is 0 Å². The fraction of sp³-hybridized carbons (Fsp3) is 0.250. The summed E-state index contributed by atoms with van der Waals surface area (Å²) in [5.74, 6) is -0.271. The SMILES string of the molecule is Cc1cc2cc(C(=O)/C(C#N)=C/N(C)C)n(P)c2cc1C. The van der Waals surface area contributed by atoms with Gasteiger partial charge in [-0.05, 0) is 52.6 Å². The van der Waals surface area contributed by atoms with E-state index in [0.29, 0.717) is 5.69 Å². The van der Waals surface area contributed by atoms with E-state index >= 15 is 0 Å². The lowest BCUT2D eigenvalue weighted by atomic mass is 10.1. The number of ketones is 1. The number of nitriles is 1. The van der Waals surface area contributed by atoms with Crippen LogP contribution in [0.5, 0.6) is 0 Å². The average Bonchev–Trinajstić information content (AvgIpc) is 2.73. The second-order valence-corrected chi connectivity index (χ2v) is 5.86. The molecule has 0 saturated heterocycles. The van der Waals surface area contributed by atoms with E-state index in [0.717, 1.165) is 10.9 Å². The first kappa shape index (κ1) is 15.3. The number of benzene rings is 1. The Hall–Kier alpha value is -2.11. The Morgan fingerprint density at radius 3 is 2.48 bits per heavy atom. The van der Waals surface area contributed by atoms with Crippen molar-refractivity contribution in [3.8, 4) is 6.07 Å². The fourth-order valence-corrected chi connectivity index (χ4v) is 2.62. The first-order chi connectivity index (χ1) is 9.85. The van der Waals surface area contributed by atoms with Gasteiger partial charge >= 0.3 is 0 Å². The number of carbonyl (C=O) groups excluding carboxylic acids is 1. The Balaban J connectivity index is 2.60. The van der Waals surface area contributed by atoms with Crippen molar-refractivity contribution in [2.45, 2.75) is 13.8 Å². The van der Waals surface area contributed by atoms with Crippen LogP contribution in [0.2, 0.25) is 0 Å². The lowest BCUT2D eigenvalue weighted by molar-refractivity contribution is 0.103. The van der Waals surface area contributed by atoms with Crippen LogP contribution in [0.15, 0.2) is 30.0 Å². The average molecular weight is 299 g/mol. The molecule has 0 aliphatic carbocycles. The number of rotatable bonds is 3. The van der Waals surface area contributed by atoms with Crippen LogP contribution >= 0.6 is 9.39 Å². The molecule has 2 aromatic rings. The number of nitrogens with zero attached hydrogens (tertiary/aromatic N) is 3. The van der Waals surface area contributed by atoms with E-state index in [2.05, 4.69) is 21.5 Å². The van der Waals surface area contributed by atoms with Gasteiger partial charge in [-0.15, -0.1) is 0 Å². The summed E-state index contributed by atoms with van der Waals surface area (Å²) >= 11 is 0. The van der Waals surface area contributed by atoms with Crippen molar-refractivity contribution in [2.24, 2.45) is 0 Å². The summed E-state index contributed by atoms with van der Waals surface area (Å²) in [6, 6.07) is 7.92. The molecular formula is C16H18N3OP. The van der Waals surface area contributed by atoms with E-state index in [1.807, 2.05) is 26.0 Å². The van der Waals surface area contributed by atoms with E-state index < -0.39 is 0 Å². The molecule has 21 heavy (non-hydrogen) atoms. The monoisotopic (exact) mass is 299 g/mol. The minimum absolute atomic E-state index is 0.125. The van der Waals surface area contributed by atoms with E-state index in [1.165, 1.54) is 11.1 Å². The van der Waals surface area contributed by atoms with Crippen molar-refractivity contribution in [2.75, 3.05) is 14.1 Å². The topological polar surface area (TPSA) is 49.0 Å². The van der Waals surface area contributed by atoms with Gasteiger partial charge in [-0.1, -0.05) is 0 Å². The number of hydrogen-bond acceptors (Lipinski definition) is 3. The molecule has 0 saturated carbocycles. The molecular weight excluding hydrogens is 281 g/mol. The Morgan fingerprint density at radius 2 is 1.90 bits per heavy atom. The van der Waals surface area contributed by atoms with E-state index in [9.17, 15) is 10.1 Å². The van der Waals surface area contributed by atoms with Gasteiger partial charge in [-0.25, -0.2) is 0 Å². The molecule has 1 atom stereocenters. The van der Waals surface area contributed by atoms with Crippen molar-refractivity contribution in [3.05, 3.63) is 46.8 Å². The van der Waals surface area contributed by atoms with Gasteiger partial charge in [0.2, 0.25) is 5.78 Å². The van der Waals surface area contributed by atoms with Gasteiger partial charge in [0, 0.05) is 25.7 Å². The molecule has 5 heteroatoms. The lowest BCUT2D eigenvalue weighted by Gasteiger charge is -2.07. The minimum Gasteiger partial charge on any atom is -0.382 e. The summed E-state index contributed by atoms with van der Waals surface area (Å²) in [6.45, 7) is 4.09. The molecule has 1 aromatic heterocycles. The quantitative estimate of drug-likeness (QED) is 0.379. The number of carbonyl (C=O) groups is 1. The largest absolute Gasteiger partial charge is 0.382 e. The molecule has 2 rings (SSSR count). The molecule has 1 aromatic carbocycles. The van der Waals surface area contributed by atoms with Crippen molar-refractivity contribution < 1.29 is 4.79 Å². The first-order valence-electron chi connectivity index (χ1n) is 6.56. The number of hydrogen-bond donors (Lipinski definition) is 0. The first-order valence-corrected chi connectivity index (χ1v) is 7.07. The number of fused-ring (bicyclic) bond motifs is 1. The molecule has 0 bridgehead atoms. The van der Waals surface area contributed by atoms with Crippen LogP contribution in [0.25, 0.3) is 10.9 Å². The number of Topliss-reactive ketones (excluding diaryl/α,β-unsaturated/α-hetero) is 1. The van der Waals surface area contributed by atoms with Crippen LogP contribution in [0, 0.1) is 25.2 Å². The summed E-state index contributed by atoms with van der Waals surface area (Å²) in [5, 5.41) is 10.2. The molecule has 108 valence electrons. The maximum absolute atomic E-state index is 12.5. The van der Waals surface area contributed by atoms with Crippen LogP contribution in [0.3, 0.4) is 0 Å². The number of allylic oxidation sites excluding steroid dienone is 1. The second kappa shape index (κ2) is 5.71. The lowest BCUT2D eigenvalue weighted by Crippen LogP contribution is -2.10. The Bertz CT molecular complexity index is 794. The van der Waals surface area contributed by atoms with Crippen molar-refractivity contribution in [1.82, 2.24) is 9.24 Å². The molecule has 0 aliphatic rings. The van der Waals surface area contributed by atoms with Gasteiger partial charge in [-0.3, -0.25) is 4.79 Å². The highest BCUT2D eigenvalue weighted by Gasteiger charge is 2.18. The zero-order valence-electron chi connectivity index (χ0n) is 12.6. The van der Waals surface area contributed by atoms with Crippen molar-refractivity contribution in [1.29, 1.82) is 5.26 Å². The van der Waals surface area contributed by atoms with Crippen LogP contribution in [-0.4, -0.2) is 29.1 Å². The third kappa shape index (κ3) is 2.84. The smallest absolute Gasteiger partial charge is 0.221 e. The highest BCUT2D eigenvalue weighted by atomic mass is 31.0. The maximum Gasteiger partial charge on any atom is 0.221 e. The van der Waals surface area contributed by atoms with Gasteiger partial charge in [-0.2, -0.15) is 5.26 Å². The normalized spacial score (nSPS) is 11.5. The van der Waals surface area contributed by atoms with E-state index in [1.54, 1.807) is 29.5 Å². The summed E-state index contributed by atoms with van der Waals surface area (Å²) in [6.07, 6.45) is 1.54. The van der Waals surface area contributed by atoms with Gasteiger partial charge in [0.05, 0.1) is 11.2 Å². The highest BCUT2D eigenvalue weighted by Crippen LogP contribution is 2.27. The summed E-state index contributed by atoms with van der Waals surface area (Å²) in [7, 11) is 6.12. The minimum atomic E-state index is -0.271. The van der Waals surface area contributed by atoms with E-state index in [-0.39, 0.29) is 11.4 Å². The third-order valence-electron chi connectivity index (χ3n) is 3.44. The predicted molar refractivity (Wildman–Crippen MR) is 88.2 cm³/mol. The van der Waals surface area contributed by atoms with Crippen molar-refractivity contribution in [3.63, 3.8) is 0 Å². The molecule has 0 amide bonds. The van der Waals surface area contributed by atoms with Crippen LogP contribution in [-0.2, 0) is 0 Å². The summed E-state index contributed by atoms with van der Waals surface area (Å²) < 4.78 is 1.77. The Labute approximate surface area is 126 Å². The summed E-state index contributed by atoms with van der Waals surface area (Å²) in [4.78, 5) is 14.2. The maximum atomic E-state index is 12.5. The molecule has 1 heterocycles. The third-order valence-corrected chi connectivity index (χ3v) is 4.00. The molecule has 1 unspecified atom stereocenters. The van der Waals surface area contributed by atoms with Crippen LogP contribution in [0.4, 0.5) is 0 Å².